The van der Waals surface area contributed by atoms with Crippen molar-refractivity contribution in [3.05, 3.63) is 29.8 Å². The van der Waals surface area contributed by atoms with Gasteiger partial charge in [0.15, 0.2) is 11.6 Å². The number of hydrogen-bond acceptors (Lipinski definition) is 3. The van der Waals surface area contributed by atoms with Crippen LogP contribution in [0.1, 0.15) is 6.92 Å². The van der Waals surface area contributed by atoms with Crippen LogP contribution in [0.3, 0.4) is 0 Å². The topological polar surface area (TPSA) is 32.3 Å². The molecule has 0 saturated carbocycles. The van der Waals surface area contributed by atoms with E-state index in [4.69, 9.17) is 0 Å². The third-order valence-corrected chi connectivity index (χ3v) is 4.05. The molecule has 1 aliphatic rings. The lowest BCUT2D eigenvalue weighted by Gasteiger charge is -2.33. The maximum atomic E-state index is 13.0. The number of halogens is 3. The SMILES string of the molecule is CC1CNCCN1C(=O)CSc1ccc(F)c(F)c1.Cl. The van der Waals surface area contributed by atoms with Crippen molar-refractivity contribution in [3.8, 4) is 0 Å². The molecule has 0 aliphatic carbocycles. The molecular formula is C13H17ClF2N2OS. The number of thioether (sulfide) groups is 1. The number of hydrogen-bond donors (Lipinski definition) is 1. The van der Waals surface area contributed by atoms with Crippen LogP contribution in [0.2, 0.25) is 0 Å². The van der Waals surface area contributed by atoms with Crippen LogP contribution in [0.15, 0.2) is 23.1 Å². The Labute approximate surface area is 127 Å². The van der Waals surface area contributed by atoms with E-state index >= 15 is 0 Å². The van der Waals surface area contributed by atoms with Crippen molar-refractivity contribution in [2.24, 2.45) is 0 Å². The quantitative estimate of drug-likeness (QED) is 0.867. The smallest absolute Gasteiger partial charge is 0.233 e. The first kappa shape index (κ1) is 17.2. The molecule has 1 atom stereocenters. The van der Waals surface area contributed by atoms with Crippen LogP contribution in [-0.2, 0) is 4.79 Å². The number of nitrogens with zero attached hydrogens (tertiary/aromatic N) is 1. The highest BCUT2D eigenvalue weighted by molar-refractivity contribution is 8.00. The zero-order valence-electron chi connectivity index (χ0n) is 11.1. The zero-order chi connectivity index (χ0) is 13.8. The van der Waals surface area contributed by atoms with Crippen molar-refractivity contribution in [1.82, 2.24) is 10.2 Å². The van der Waals surface area contributed by atoms with E-state index in [2.05, 4.69) is 5.32 Å². The van der Waals surface area contributed by atoms with E-state index in [9.17, 15) is 13.6 Å². The van der Waals surface area contributed by atoms with Gasteiger partial charge in [-0.25, -0.2) is 8.78 Å². The molecule has 1 fully saturated rings. The second kappa shape index (κ2) is 7.81. The van der Waals surface area contributed by atoms with E-state index in [-0.39, 0.29) is 30.1 Å². The van der Waals surface area contributed by atoms with Crippen LogP contribution in [0.25, 0.3) is 0 Å². The van der Waals surface area contributed by atoms with Gasteiger partial charge in [0.2, 0.25) is 5.91 Å². The van der Waals surface area contributed by atoms with Gasteiger partial charge in [-0.1, -0.05) is 0 Å². The monoisotopic (exact) mass is 322 g/mol. The van der Waals surface area contributed by atoms with E-state index in [1.165, 1.54) is 17.8 Å². The first-order chi connectivity index (χ1) is 9.08. The lowest BCUT2D eigenvalue weighted by Crippen LogP contribution is -2.52. The van der Waals surface area contributed by atoms with Crippen LogP contribution in [0.5, 0.6) is 0 Å². The Balaban J connectivity index is 0.00000200. The lowest BCUT2D eigenvalue weighted by atomic mass is 10.2. The normalized spacial score (nSPS) is 18.6. The van der Waals surface area contributed by atoms with Crippen LogP contribution < -0.4 is 5.32 Å². The van der Waals surface area contributed by atoms with E-state index in [1.807, 2.05) is 11.8 Å². The van der Waals surface area contributed by atoms with Crippen LogP contribution in [-0.4, -0.2) is 42.2 Å². The Morgan fingerprint density at radius 3 is 2.85 bits per heavy atom. The fraction of sp³-hybridized carbons (Fsp3) is 0.462. The summed E-state index contributed by atoms with van der Waals surface area (Å²) in [5.41, 5.74) is 0. The molecule has 2 rings (SSSR count). The van der Waals surface area contributed by atoms with Crippen molar-refractivity contribution in [3.63, 3.8) is 0 Å². The summed E-state index contributed by atoms with van der Waals surface area (Å²) in [4.78, 5) is 14.4. The van der Waals surface area contributed by atoms with Crippen molar-refractivity contribution in [1.29, 1.82) is 0 Å². The summed E-state index contributed by atoms with van der Waals surface area (Å²) in [7, 11) is 0. The second-order valence-electron chi connectivity index (χ2n) is 4.50. The number of piperazine rings is 1. The minimum absolute atomic E-state index is 0. The summed E-state index contributed by atoms with van der Waals surface area (Å²) in [6.45, 7) is 4.28. The highest BCUT2D eigenvalue weighted by Gasteiger charge is 2.22. The first-order valence-corrected chi connectivity index (χ1v) is 7.14. The molecular weight excluding hydrogens is 306 g/mol. The van der Waals surface area contributed by atoms with Gasteiger partial charge in [0.05, 0.1) is 5.75 Å². The van der Waals surface area contributed by atoms with Crippen LogP contribution >= 0.6 is 24.2 Å². The van der Waals surface area contributed by atoms with Gasteiger partial charge < -0.3 is 10.2 Å². The molecule has 1 aromatic carbocycles. The maximum Gasteiger partial charge on any atom is 0.233 e. The molecule has 1 amide bonds. The van der Waals surface area contributed by atoms with Gasteiger partial charge in [-0.3, -0.25) is 4.79 Å². The fourth-order valence-corrected chi connectivity index (χ4v) is 2.81. The maximum absolute atomic E-state index is 13.0. The highest BCUT2D eigenvalue weighted by Crippen LogP contribution is 2.21. The summed E-state index contributed by atoms with van der Waals surface area (Å²) in [6.07, 6.45) is 0. The molecule has 3 nitrogen and oxygen atoms in total. The van der Waals surface area contributed by atoms with Crippen LogP contribution in [0, 0.1) is 11.6 Å². The molecule has 0 aromatic heterocycles. The molecule has 0 spiro atoms. The van der Waals surface area contributed by atoms with Crippen LogP contribution in [0.4, 0.5) is 8.78 Å². The summed E-state index contributed by atoms with van der Waals surface area (Å²) >= 11 is 1.23. The van der Waals surface area contributed by atoms with E-state index in [0.717, 1.165) is 25.2 Å². The third kappa shape index (κ3) is 4.33. The molecule has 1 aromatic rings. The fourth-order valence-electron chi connectivity index (χ4n) is 2.01. The van der Waals surface area contributed by atoms with Crippen molar-refractivity contribution < 1.29 is 13.6 Å². The van der Waals surface area contributed by atoms with Crippen molar-refractivity contribution >= 4 is 30.1 Å². The van der Waals surface area contributed by atoms with Gasteiger partial charge in [-0.05, 0) is 25.1 Å². The van der Waals surface area contributed by atoms with Crippen molar-refractivity contribution in [2.45, 2.75) is 17.9 Å². The molecule has 0 radical (unpaired) electrons. The van der Waals surface area contributed by atoms with Gasteiger partial charge in [-0.15, -0.1) is 24.2 Å². The minimum atomic E-state index is -0.881. The summed E-state index contributed by atoms with van der Waals surface area (Å²) in [5, 5.41) is 3.21. The zero-order valence-corrected chi connectivity index (χ0v) is 12.7. The minimum Gasteiger partial charge on any atom is -0.337 e. The predicted molar refractivity (Wildman–Crippen MR) is 78.4 cm³/mol. The number of carbonyl (C=O) groups is 1. The van der Waals surface area contributed by atoms with Gasteiger partial charge in [0.25, 0.3) is 0 Å². The summed E-state index contributed by atoms with van der Waals surface area (Å²) in [5.74, 6) is -1.47. The number of rotatable bonds is 3. The Kier molecular flexibility index (Phi) is 6.71. The number of benzene rings is 1. The van der Waals surface area contributed by atoms with E-state index in [0.29, 0.717) is 11.4 Å². The molecule has 7 heteroatoms. The van der Waals surface area contributed by atoms with Gasteiger partial charge in [-0.2, -0.15) is 0 Å². The van der Waals surface area contributed by atoms with Crippen molar-refractivity contribution in [2.75, 3.05) is 25.4 Å². The third-order valence-electron chi connectivity index (χ3n) is 3.08. The molecule has 1 aliphatic heterocycles. The van der Waals surface area contributed by atoms with E-state index < -0.39 is 11.6 Å². The number of carbonyl (C=O) groups excluding carboxylic acids is 1. The number of amides is 1. The molecule has 1 saturated heterocycles. The van der Waals surface area contributed by atoms with E-state index in [1.54, 1.807) is 0 Å². The number of nitrogens with one attached hydrogen (secondary N) is 1. The Morgan fingerprint density at radius 1 is 1.45 bits per heavy atom. The molecule has 20 heavy (non-hydrogen) atoms. The summed E-state index contributed by atoms with van der Waals surface area (Å²) < 4.78 is 25.8. The lowest BCUT2D eigenvalue weighted by molar-refractivity contribution is -0.131. The molecule has 1 N–H and O–H groups in total. The molecule has 1 unspecified atom stereocenters. The Bertz CT molecular complexity index is 476. The highest BCUT2D eigenvalue weighted by atomic mass is 35.5. The summed E-state index contributed by atoms with van der Waals surface area (Å²) in [6, 6.07) is 3.86. The van der Waals surface area contributed by atoms with Gasteiger partial charge >= 0.3 is 0 Å². The molecule has 0 bridgehead atoms. The Hall–Kier alpha value is -0.850. The van der Waals surface area contributed by atoms with Gasteiger partial charge in [0.1, 0.15) is 0 Å². The standard InChI is InChI=1S/C13H16F2N2OS.ClH/c1-9-7-16-4-5-17(9)13(18)8-19-10-2-3-11(14)12(15)6-10;/h2-3,6,9,16H,4-5,7-8H2,1H3;1H. The second-order valence-corrected chi connectivity index (χ2v) is 5.55. The average Bonchev–Trinajstić information content (AvgIpc) is 2.40. The average molecular weight is 323 g/mol. The first-order valence-electron chi connectivity index (χ1n) is 6.16. The largest absolute Gasteiger partial charge is 0.337 e. The molecule has 1 heterocycles. The predicted octanol–water partition coefficient (Wildman–Crippen LogP) is 2.30. The van der Waals surface area contributed by atoms with Gasteiger partial charge in [0, 0.05) is 30.6 Å². The Morgan fingerprint density at radius 2 is 2.20 bits per heavy atom. The molecule has 112 valence electrons.